The largest absolute Gasteiger partial charge is 0.368 e. The summed E-state index contributed by atoms with van der Waals surface area (Å²) in [4.78, 5) is 26.9. The highest BCUT2D eigenvalue weighted by atomic mass is 16.2. The predicted molar refractivity (Wildman–Crippen MR) is 130 cm³/mol. The molecule has 0 bridgehead atoms. The van der Waals surface area contributed by atoms with Crippen LogP contribution in [0.4, 0.5) is 11.6 Å². The molecule has 1 fully saturated rings. The molecule has 8 nitrogen and oxygen atoms in total. The molecule has 0 unspecified atom stereocenters. The van der Waals surface area contributed by atoms with Crippen LogP contribution in [0.2, 0.25) is 0 Å². The van der Waals surface area contributed by atoms with Crippen molar-refractivity contribution in [2.24, 2.45) is 0 Å². The molecule has 1 saturated heterocycles. The molecular formula is C25H27N7O. The summed E-state index contributed by atoms with van der Waals surface area (Å²) >= 11 is 0. The number of aromatic nitrogens is 4. The molecule has 5 rings (SSSR count). The van der Waals surface area contributed by atoms with Crippen LogP contribution in [0.3, 0.4) is 0 Å². The fourth-order valence-corrected chi connectivity index (χ4v) is 4.42. The number of nitrogens with two attached hydrogens (primary N) is 1. The van der Waals surface area contributed by atoms with E-state index in [1.807, 2.05) is 42.5 Å². The van der Waals surface area contributed by atoms with Gasteiger partial charge in [-0.05, 0) is 43.5 Å². The molecule has 168 valence electrons. The minimum absolute atomic E-state index is 0.0404. The van der Waals surface area contributed by atoms with Crippen LogP contribution in [0.5, 0.6) is 0 Å². The molecule has 0 spiro atoms. The number of fused-ring (bicyclic) bond motifs is 1. The third kappa shape index (κ3) is 3.93. The van der Waals surface area contributed by atoms with E-state index < -0.39 is 0 Å². The molecule has 1 aliphatic rings. The van der Waals surface area contributed by atoms with Crippen molar-refractivity contribution >= 4 is 28.3 Å². The molecule has 0 aliphatic carbocycles. The Morgan fingerprint density at radius 1 is 0.939 bits per heavy atom. The summed E-state index contributed by atoms with van der Waals surface area (Å²) < 4.78 is 1.16. The molecule has 0 saturated carbocycles. The van der Waals surface area contributed by atoms with E-state index in [9.17, 15) is 4.79 Å². The zero-order valence-electron chi connectivity index (χ0n) is 18.8. The summed E-state index contributed by atoms with van der Waals surface area (Å²) in [6.07, 6.45) is 1.65. The Morgan fingerprint density at radius 3 is 2.36 bits per heavy atom. The van der Waals surface area contributed by atoms with Crippen molar-refractivity contribution in [2.75, 3.05) is 36.8 Å². The Bertz CT molecular complexity index is 1290. The van der Waals surface area contributed by atoms with E-state index in [0.717, 1.165) is 47.3 Å². The lowest BCUT2D eigenvalue weighted by Gasteiger charge is -2.38. The van der Waals surface area contributed by atoms with Gasteiger partial charge in [0.2, 0.25) is 11.8 Å². The molecule has 0 atom stereocenters. The molecule has 2 aromatic carbocycles. The monoisotopic (exact) mass is 441 g/mol. The van der Waals surface area contributed by atoms with Crippen LogP contribution >= 0.6 is 0 Å². The average Bonchev–Trinajstić information content (AvgIpc) is 3.25. The second-order valence-corrected chi connectivity index (χ2v) is 8.52. The number of benzene rings is 2. The minimum atomic E-state index is -0.311. The number of pyridine rings is 1. The van der Waals surface area contributed by atoms with Gasteiger partial charge in [0, 0.05) is 55.1 Å². The highest BCUT2D eigenvalue weighted by Crippen LogP contribution is 2.31. The van der Waals surface area contributed by atoms with Crippen molar-refractivity contribution in [1.29, 1.82) is 0 Å². The first-order chi connectivity index (χ1) is 16.0. The first-order valence-corrected chi connectivity index (χ1v) is 11.2. The van der Waals surface area contributed by atoms with Crippen molar-refractivity contribution in [1.82, 2.24) is 24.6 Å². The maximum Gasteiger partial charge on any atom is 0.282 e. The topological polar surface area (TPSA) is 93.2 Å². The van der Waals surface area contributed by atoms with Gasteiger partial charge in [-0.15, -0.1) is 5.10 Å². The van der Waals surface area contributed by atoms with Gasteiger partial charge in [-0.2, -0.15) is 9.67 Å². The number of carbonyl (C=O) groups is 1. The van der Waals surface area contributed by atoms with Gasteiger partial charge in [0.15, 0.2) is 0 Å². The Kier molecular flexibility index (Phi) is 5.51. The summed E-state index contributed by atoms with van der Waals surface area (Å²) in [6.45, 7) is 8.44. The quantitative estimate of drug-likeness (QED) is 0.519. The first-order valence-electron chi connectivity index (χ1n) is 11.2. The third-order valence-electron chi connectivity index (χ3n) is 6.24. The fraction of sp³-hybridized carbons (Fsp3) is 0.280. The lowest BCUT2D eigenvalue weighted by Crippen LogP contribution is -2.49. The number of piperazine rings is 1. The Labute approximate surface area is 192 Å². The van der Waals surface area contributed by atoms with Crippen LogP contribution in [0.25, 0.3) is 22.3 Å². The highest BCUT2D eigenvalue weighted by Gasteiger charge is 2.23. The van der Waals surface area contributed by atoms with Gasteiger partial charge < -0.3 is 10.6 Å². The van der Waals surface area contributed by atoms with Gasteiger partial charge in [-0.1, -0.05) is 30.3 Å². The van der Waals surface area contributed by atoms with Crippen LogP contribution in [0, 0.1) is 0 Å². The number of anilines is 2. The molecule has 4 aromatic rings. The van der Waals surface area contributed by atoms with E-state index in [1.54, 1.807) is 12.3 Å². The predicted octanol–water partition coefficient (Wildman–Crippen LogP) is 3.29. The van der Waals surface area contributed by atoms with Gasteiger partial charge in [-0.3, -0.25) is 14.7 Å². The van der Waals surface area contributed by atoms with Crippen LogP contribution in [-0.2, 0) is 0 Å². The van der Waals surface area contributed by atoms with Crippen molar-refractivity contribution in [3.63, 3.8) is 0 Å². The van der Waals surface area contributed by atoms with Crippen molar-refractivity contribution < 1.29 is 4.79 Å². The number of nitrogen functional groups attached to an aromatic ring is 1. The molecule has 8 heteroatoms. The SMILES string of the molecule is CC(C)N1CCN(c2ccc(C(=O)n3nc(-c4ccccn4)nc3N)c3ccccc23)CC1. The van der Waals surface area contributed by atoms with Gasteiger partial charge in [0.25, 0.3) is 5.91 Å². The lowest BCUT2D eigenvalue weighted by atomic mass is 10.0. The Balaban J connectivity index is 1.50. The van der Waals surface area contributed by atoms with E-state index in [1.165, 1.54) is 0 Å². The maximum atomic E-state index is 13.5. The van der Waals surface area contributed by atoms with E-state index in [-0.39, 0.29) is 11.9 Å². The summed E-state index contributed by atoms with van der Waals surface area (Å²) in [5, 5.41) is 6.27. The summed E-state index contributed by atoms with van der Waals surface area (Å²) in [5.74, 6) is 0.0542. The smallest absolute Gasteiger partial charge is 0.282 e. The Hall–Kier alpha value is -3.78. The first kappa shape index (κ1) is 21.1. The van der Waals surface area contributed by atoms with Gasteiger partial charge >= 0.3 is 0 Å². The van der Waals surface area contributed by atoms with Crippen molar-refractivity contribution in [2.45, 2.75) is 19.9 Å². The van der Waals surface area contributed by atoms with Gasteiger partial charge in [0.1, 0.15) is 5.69 Å². The molecule has 1 aliphatic heterocycles. The maximum absolute atomic E-state index is 13.5. The minimum Gasteiger partial charge on any atom is -0.368 e. The van der Waals surface area contributed by atoms with E-state index in [0.29, 0.717) is 23.1 Å². The molecule has 0 radical (unpaired) electrons. The highest BCUT2D eigenvalue weighted by molar-refractivity contribution is 6.11. The van der Waals surface area contributed by atoms with Crippen LogP contribution in [0.1, 0.15) is 24.2 Å². The average molecular weight is 442 g/mol. The lowest BCUT2D eigenvalue weighted by molar-refractivity contribution is 0.0949. The Morgan fingerprint density at radius 2 is 1.67 bits per heavy atom. The summed E-state index contributed by atoms with van der Waals surface area (Å²) in [5.41, 5.74) is 8.33. The molecule has 2 aromatic heterocycles. The standard InChI is InChI=1S/C25H27N7O/c1-17(2)30-13-15-31(16-14-30)22-11-10-20(18-7-3-4-8-19(18)22)24(33)32-25(26)28-23(29-32)21-9-5-6-12-27-21/h3-12,17H,13-16H2,1-2H3,(H2,26,28,29). The second-order valence-electron chi connectivity index (χ2n) is 8.52. The molecule has 0 amide bonds. The van der Waals surface area contributed by atoms with Gasteiger partial charge in [-0.25, -0.2) is 0 Å². The summed E-state index contributed by atoms with van der Waals surface area (Å²) in [6, 6.07) is 17.9. The van der Waals surface area contributed by atoms with Gasteiger partial charge in [0.05, 0.1) is 0 Å². The molecule has 3 heterocycles. The number of hydrogen-bond acceptors (Lipinski definition) is 7. The summed E-state index contributed by atoms with van der Waals surface area (Å²) in [7, 11) is 0. The third-order valence-corrected chi connectivity index (χ3v) is 6.24. The normalized spacial score (nSPS) is 14.8. The van der Waals surface area contributed by atoms with E-state index in [4.69, 9.17) is 5.73 Å². The van der Waals surface area contributed by atoms with Crippen LogP contribution in [0.15, 0.2) is 60.8 Å². The van der Waals surface area contributed by atoms with E-state index >= 15 is 0 Å². The second kappa shape index (κ2) is 8.63. The molecular weight excluding hydrogens is 414 g/mol. The number of carbonyl (C=O) groups excluding carboxylic acids is 1. The number of nitrogens with zero attached hydrogens (tertiary/aromatic N) is 6. The van der Waals surface area contributed by atoms with E-state index in [2.05, 4.69) is 44.8 Å². The number of rotatable bonds is 4. The molecule has 33 heavy (non-hydrogen) atoms. The van der Waals surface area contributed by atoms with Crippen LogP contribution in [-0.4, -0.2) is 62.8 Å². The zero-order chi connectivity index (χ0) is 22.9. The molecule has 2 N–H and O–H groups in total. The van der Waals surface area contributed by atoms with Crippen LogP contribution < -0.4 is 10.6 Å². The van der Waals surface area contributed by atoms with Crippen molar-refractivity contribution in [3.8, 4) is 11.5 Å². The van der Waals surface area contributed by atoms with Crippen molar-refractivity contribution in [3.05, 3.63) is 66.4 Å². The fourth-order valence-electron chi connectivity index (χ4n) is 4.42. The zero-order valence-corrected chi connectivity index (χ0v) is 18.8. The number of hydrogen-bond donors (Lipinski definition) is 1.